The molecule has 5 heteroatoms. The Morgan fingerprint density at radius 2 is 1.43 bits per heavy atom. The maximum atomic E-state index is 12.6. The predicted molar refractivity (Wildman–Crippen MR) is 84.1 cm³/mol. The quantitative estimate of drug-likeness (QED) is 0.574. The van der Waals surface area contributed by atoms with E-state index in [0.29, 0.717) is 0 Å². The monoisotopic (exact) mass is 316 g/mol. The fourth-order valence-corrected chi connectivity index (χ4v) is 4.85. The van der Waals surface area contributed by atoms with E-state index in [0.717, 1.165) is 45.2 Å². The smallest absolute Gasteiger partial charge is 0.242 e. The van der Waals surface area contributed by atoms with Gasteiger partial charge in [-0.3, -0.25) is 19.3 Å². The first-order chi connectivity index (χ1) is 11.2. The molecule has 0 aromatic heterocycles. The lowest BCUT2D eigenvalue weighted by Gasteiger charge is -2.27. The predicted octanol–water partition coefficient (Wildman–Crippen LogP) is 1.59. The highest BCUT2D eigenvalue weighted by molar-refractivity contribution is 6.08. The molecular formula is C18H24N2O3. The van der Waals surface area contributed by atoms with Crippen molar-refractivity contribution in [1.29, 1.82) is 0 Å². The molecule has 23 heavy (non-hydrogen) atoms. The second-order valence-electron chi connectivity index (χ2n) is 7.41. The normalized spacial score (nSPS) is 36.3. The first-order valence-corrected chi connectivity index (χ1v) is 8.98. The fraction of sp³-hybridized carbons (Fsp3) is 0.722. The standard InChI is InChI=1S/C18H24N2O3/c21-14(19-8-4-2-1-3-5-9-19)11-20-17(22)15-12-6-7-13(10-12)16(15)18(20)23/h6-7,12-13,15-16H,1-5,8-11H2. The van der Waals surface area contributed by atoms with E-state index in [9.17, 15) is 14.4 Å². The number of fused-ring (bicyclic) bond motifs is 5. The number of imide groups is 1. The van der Waals surface area contributed by atoms with Crippen molar-refractivity contribution in [2.45, 2.75) is 38.5 Å². The number of hydrogen-bond donors (Lipinski definition) is 0. The third-order valence-corrected chi connectivity index (χ3v) is 6.06. The van der Waals surface area contributed by atoms with Crippen LogP contribution in [0.5, 0.6) is 0 Å². The van der Waals surface area contributed by atoms with Gasteiger partial charge in [0.2, 0.25) is 17.7 Å². The topological polar surface area (TPSA) is 57.7 Å². The Bertz CT molecular complexity index is 533. The molecule has 0 aromatic carbocycles. The lowest BCUT2D eigenvalue weighted by molar-refractivity contribution is -0.147. The van der Waals surface area contributed by atoms with Crippen molar-refractivity contribution in [3.8, 4) is 0 Å². The average Bonchev–Trinajstić information content (AvgIpc) is 3.16. The van der Waals surface area contributed by atoms with Crippen LogP contribution in [0, 0.1) is 23.7 Å². The fourth-order valence-electron chi connectivity index (χ4n) is 4.85. The Labute approximate surface area is 136 Å². The minimum absolute atomic E-state index is 0.0515. The summed E-state index contributed by atoms with van der Waals surface area (Å²) in [5, 5.41) is 0. The molecule has 1 saturated carbocycles. The molecule has 4 aliphatic rings. The molecular weight excluding hydrogens is 292 g/mol. The summed E-state index contributed by atoms with van der Waals surface area (Å²) in [5.41, 5.74) is 0. The Kier molecular flexibility index (Phi) is 3.74. The molecule has 3 fully saturated rings. The number of carbonyl (C=O) groups excluding carboxylic acids is 3. The van der Waals surface area contributed by atoms with Gasteiger partial charge in [0.05, 0.1) is 11.8 Å². The second kappa shape index (κ2) is 5.77. The summed E-state index contributed by atoms with van der Waals surface area (Å²) in [6.07, 6.45) is 10.7. The van der Waals surface area contributed by atoms with Gasteiger partial charge < -0.3 is 4.90 Å². The van der Waals surface area contributed by atoms with Crippen LogP contribution in [0.25, 0.3) is 0 Å². The molecule has 2 heterocycles. The zero-order chi connectivity index (χ0) is 16.0. The molecule has 4 unspecified atom stereocenters. The van der Waals surface area contributed by atoms with Crippen molar-refractivity contribution >= 4 is 17.7 Å². The molecule has 0 spiro atoms. The molecule has 2 aliphatic heterocycles. The van der Waals surface area contributed by atoms with Gasteiger partial charge in [-0.15, -0.1) is 0 Å². The van der Waals surface area contributed by atoms with E-state index in [1.807, 2.05) is 4.90 Å². The summed E-state index contributed by atoms with van der Waals surface area (Å²) in [5.74, 6) is -0.259. The van der Waals surface area contributed by atoms with Crippen LogP contribution >= 0.6 is 0 Å². The maximum Gasteiger partial charge on any atom is 0.242 e. The molecule has 2 saturated heterocycles. The van der Waals surface area contributed by atoms with Crippen LogP contribution in [0.3, 0.4) is 0 Å². The van der Waals surface area contributed by atoms with Gasteiger partial charge >= 0.3 is 0 Å². The molecule has 0 N–H and O–H groups in total. The first-order valence-electron chi connectivity index (χ1n) is 8.98. The molecule has 5 nitrogen and oxygen atoms in total. The number of nitrogens with zero attached hydrogens (tertiary/aromatic N) is 2. The lowest BCUT2D eigenvalue weighted by Crippen LogP contribution is -2.44. The van der Waals surface area contributed by atoms with Crippen molar-refractivity contribution in [2.75, 3.05) is 19.6 Å². The van der Waals surface area contributed by atoms with Crippen LogP contribution < -0.4 is 0 Å². The van der Waals surface area contributed by atoms with Gasteiger partial charge in [-0.1, -0.05) is 31.4 Å². The maximum absolute atomic E-state index is 12.6. The van der Waals surface area contributed by atoms with Crippen molar-refractivity contribution in [3.63, 3.8) is 0 Å². The van der Waals surface area contributed by atoms with Crippen LogP contribution in [-0.4, -0.2) is 47.2 Å². The van der Waals surface area contributed by atoms with Crippen molar-refractivity contribution in [3.05, 3.63) is 12.2 Å². The third-order valence-electron chi connectivity index (χ3n) is 6.06. The van der Waals surface area contributed by atoms with Crippen molar-refractivity contribution < 1.29 is 14.4 Å². The van der Waals surface area contributed by atoms with E-state index in [4.69, 9.17) is 0 Å². The number of rotatable bonds is 2. The van der Waals surface area contributed by atoms with Gasteiger partial charge in [-0.05, 0) is 31.1 Å². The van der Waals surface area contributed by atoms with Gasteiger partial charge in [-0.2, -0.15) is 0 Å². The van der Waals surface area contributed by atoms with E-state index >= 15 is 0 Å². The highest BCUT2D eigenvalue weighted by Gasteiger charge is 2.59. The van der Waals surface area contributed by atoms with Crippen LogP contribution in [0.4, 0.5) is 0 Å². The van der Waals surface area contributed by atoms with E-state index in [1.54, 1.807) is 0 Å². The SMILES string of the molecule is O=C(CN1C(=O)C2C3C=CC(C3)C2C1=O)N1CCCCCCC1. The Morgan fingerprint density at radius 3 is 2.00 bits per heavy atom. The van der Waals surface area contributed by atoms with Gasteiger partial charge in [0.15, 0.2) is 0 Å². The molecule has 2 aliphatic carbocycles. The Hall–Kier alpha value is -1.65. The molecule has 0 radical (unpaired) electrons. The largest absolute Gasteiger partial charge is 0.341 e. The van der Waals surface area contributed by atoms with Crippen LogP contribution in [0.15, 0.2) is 12.2 Å². The number of likely N-dealkylation sites (tertiary alicyclic amines) is 2. The van der Waals surface area contributed by atoms with Crippen LogP contribution in [0.1, 0.15) is 38.5 Å². The average molecular weight is 316 g/mol. The second-order valence-corrected chi connectivity index (χ2v) is 7.41. The summed E-state index contributed by atoms with van der Waals surface area (Å²) >= 11 is 0. The van der Waals surface area contributed by atoms with E-state index in [1.165, 1.54) is 11.3 Å². The van der Waals surface area contributed by atoms with E-state index < -0.39 is 0 Å². The summed E-state index contributed by atoms with van der Waals surface area (Å²) in [4.78, 5) is 40.9. The van der Waals surface area contributed by atoms with Gasteiger partial charge in [0.25, 0.3) is 0 Å². The highest BCUT2D eigenvalue weighted by atomic mass is 16.2. The van der Waals surface area contributed by atoms with Crippen LogP contribution in [0.2, 0.25) is 0 Å². The Balaban J connectivity index is 1.44. The minimum atomic E-state index is -0.197. The summed E-state index contributed by atoms with van der Waals surface area (Å²) in [7, 11) is 0. The number of carbonyl (C=O) groups is 3. The molecule has 4 rings (SSSR count). The van der Waals surface area contributed by atoms with Crippen molar-refractivity contribution in [1.82, 2.24) is 9.80 Å². The zero-order valence-electron chi connectivity index (χ0n) is 13.4. The third kappa shape index (κ3) is 2.41. The van der Waals surface area contributed by atoms with Gasteiger partial charge in [0, 0.05) is 13.1 Å². The summed E-state index contributed by atoms with van der Waals surface area (Å²) in [6.45, 7) is 1.47. The highest BCUT2D eigenvalue weighted by Crippen LogP contribution is 2.52. The minimum Gasteiger partial charge on any atom is -0.341 e. The van der Waals surface area contributed by atoms with Gasteiger partial charge in [-0.25, -0.2) is 0 Å². The molecule has 0 aromatic rings. The Morgan fingerprint density at radius 1 is 0.913 bits per heavy atom. The van der Waals surface area contributed by atoms with E-state index in [2.05, 4.69) is 12.2 Å². The summed E-state index contributed by atoms with van der Waals surface area (Å²) < 4.78 is 0. The number of allylic oxidation sites excluding steroid dienone is 2. The first kappa shape index (κ1) is 14.9. The lowest BCUT2D eigenvalue weighted by atomic mass is 9.85. The van der Waals surface area contributed by atoms with Crippen molar-refractivity contribution in [2.24, 2.45) is 23.7 Å². The van der Waals surface area contributed by atoms with E-state index in [-0.39, 0.29) is 47.9 Å². The number of hydrogen-bond acceptors (Lipinski definition) is 3. The molecule has 124 valence electrons. The van der Waals surface area contributed by atoms with Gasteiger partial charge in [0.1, 0.15) is 6.54 Å². The zero-order valence-corrected chi connectivity index (χ0v) is 13.4. The van der Waals surface area contributed by atoms with Crippen LogP contribution in [-0.2, 0) is 14.4 Å². The molecule has 3 amide bonds. The number of amides is 3. The molecule has 2 bridgehead atoms. The summed E-state index contributed by atoms with van der Waals surface area (Å²) in [6, 6.07) is 0. The molecule has 4 atom stereocenters.